The molecule has 10 rings (SSSR count). The summed E-state index contributed by atoms with van der Waals surface area (Å²) < 4.78 is 65.2. The normalized spacial score (nSPS) is 40.0. The Bertz CT molecular complexity index is 1810. The predicted molar refractivity (Wildman–Crippen MR) is 218 cm³/mol. The van der Waals surface area contributed by atoms with E-state index < -0.39 is 0 Å². The van der Waals surface area contributed by atoms with E-state index in [-0.39, 0.29) is 56.2 Å². The maximum absolute atomic E-state index is 6.66. The lowest BCUT2D eigenvalue weighted by Gasteiger charge is -2.32. The summed E-state index contributed by atoms with van der Waals surface area (Å²) in [4.78, 5) is 6.78. The maximum Gasteiger partial charge on any atom is 0.172 e. The van der Waals surface area contributed by atoms with Crippen molar-refractivity contribution >= 4 is 58.8 Å². The van der Waals surface area contributed by atoms with Crippen LogP contribution in [0.15, 0.2) is 64.0 Å². The highest BCUT2D eigenvalue weighted by Crippen LogP contribution is 2.64. The van der Waals surface area contributed by atoms with Crippen LogP contribution in [-0.4, -0.2) is 111 Å². The molecule has 0 aromatic carbocycles. The highest BCUT2D eigenvalue weighted by atomic mass is 32.2. The average molecular weight is 851 g/mol. The quantitative estimate of drug-likeness (QED) is 0.267. The van der Waals surface area contributed by atoms with E-state index in [9.17, 15) is 0 Å². The van der Waals surface area contributed by atoms with Crippen LogP contribution < -0.4 is 0 Å². The van der Waals surface area contributed by atoms with Crippen molar-refractivity contribution in [3.63, 3.8) is 0 Å². The van der Waals surface area contributed by atoms with Crippen molar-refractivity contribution in [3.05, 3.63) is 64.0 Å². The summed E-state index contributed by atoms with van der Waals surface area (Å²) in [6, 6.07) is 0. The Hall–Kier alpha value is -1.17. The van der Waals surface area contributed by atoms with Crippen LogP contribution in [0.3, 0.4) is 0 Å². The lowest BCUT2D eigenvalue weighted by Crippen LogP contribution is -2.44. The van der Waals surface area contributed by atoms with Gasteiger partial charge in [-0.1, -0.05) is 53.3 Å². The molecule has 10 aliphatic rings. The van der Waals surface area contributed by atoms with Gasteiger partial charge in [-0.3, -0.25) is 0 Å². The lowest BCUT2D eigenvalue weighted by atomic mass is 9.85. The van der Waals surface area contributed by atoms with Crippen molar-refractivity contribution in [1.82, 2.24) is 0 Å². The van der Waals surface area contributed by atoms with E-state index in [0.29, 0.717) is 66.1 Å². The zero-order chi connectivity index (χ0) is 37.6. The van der Waals surface area contributed by atoms with Gasteiger partial charge in [0.05, 0.1) is 62.1 Å². The van der Waals surface area contributed by atoms with Gasteiger partial charge in [0.1, 0.15) is 64.1 Å². The van der Waals surface area contributed by atoms with Gasteiger partial charge in [-0.25, -0.2) is 0 Å². The van der Waals surface area contributed by atoms with Crippen LogP contribution in [0.2, 0.25) is 0 Å². The van der Waals surface area contributed by atoms with Crippen molar-refractivity contribution in [2.45, 2.75) is 99.8 Å². The second kappa shape index (κ2) is 14.8. The van der Waals surface area contributed by atoms with Gasteiger partial charge in [0, 0.05) is 14.7 Å². The van der Waals surface area contributed by atoms with Crippen LogP contribution >= 0.6 is 58.8 Å². The second-order valence-corrected chi connectivity index (χ2v) is 22.0. The van der Waals surface area contributed by atoms with Crippen molar-refractivity contribution in [3.8, 4) is 0 Å². The number of thioether (sulfide) groups is 5. The summed E-state index contributed by atoms with van der Waals surface area (Å²) >= 11 is 9.19. The molecule has 0 spiro atoms. The highest BCUT2D eigenvalue weighted by molar-refractivity contribution is 8.12. The lowest BCUT2D eigenvalue weighted by molar-refractivity contribution is -0.118. The zero-order valence-corrected chi connectivity index (χ0v) is 36.3. The molecule has 0 aromatic rings. The minimum absolute atomic E-state index is 0.0152. The van der Waals surface area contributed by atoms with Gasteiger partial charge in [0.25, 0.3) is 0 Å². The molecular formula is C40H50O10S5. The molecule has 0 amide bonds. The molecule has 0 saturated carbocycles. The first-order valence-electron chi connectivity index (χ1n) is 19.7. The standard InChI is InChI=1S/C40H50O10S5/c1-7-39(3,4)37-27-25(47-15-17-49-27)35(54-37)33-23-21(43-11-13-45-23)31(52-33)29-19-20(42-10-9-41-19)30(51-29)32-22-24(46-14-12-44-22)34(53-32)36-26-28(50-18-16-48-26)38(55-36)40(5,6)8-2/h21-24,29,31,37-38H,7-18H2,1-6H3/b32-30+,35-33+,36-34+. The molecule has 0 bridgehead atoms. The number of ether oxygens (including phenoxy) is 10. The molecule has 10 nitrogen and oxygen atoms in total. The van der Waals surface area contributed by atoms with Crippen molar-refractivity contribution in [2.24, 2.45) is 10.8 Å². The number of hydrogen-bond donors (Lipinski definition) is 0. The first-order chi connectivity index (χ1) is 26.7. The molecule has 0 aliphatic carbocycles. The smallest absolute Gasteiger partial charge is 0.172 e. The first-order valence-corrected chi connectivity index (χ1v) is 24.1. The molecule has 0 aromatic heterocycles. The minimum Gasteiger partial charge on any atom is -0.489 e. The summed E-state index contributed by atoms with van der Waals surface area (Å²) in [6.45, 7) is 19.2. The van der Waals surface area contributed by atoms with Crippen molar-refractivity contribution in [2.75, 3.05) is 66.1 Å². The van der Waals surface area contributed by atoms with Crippen LogP contribution in [0.5, 0.6) is 0 Å². The fourth-order valence-electron chi connectivity index (χ4n) is 8.51. The van der Waals surface area contributed by atoms with Gasteiger partial charge in [-0.2, -0.15) is 0 Å². The number of rotatable bonds is 5. The van der Waals surface area contributed by atoms with Crippen LogP contribution in [0, 0.1) is 10.8 Å². The molecule has 4 fully saturated rings. The zero-order valence-electron chi connectivity index (χ0n) is 32.2. The topological polar surface area (TPSA) is 92.3 Å². The van der Waals surface area contributed by atoms with Gasteiger partial charge in [-0.15, -0.1) is 47.0 Å². The highest BCUT2D eigenvalue weighted by Gasteiger charge is 2.57. The molecule has 10 heterocycles. The third-order valence-electron chi connectivity index (χ3n) is 12.2. The van der Waals surface area contributed by atoms with E-state index in [1.807, 2.05) is 47.0 Å². The Kier molecular flexibility index (Phi) is 10.3. The largest absolute Gasteiger partial charge is 0.489 e. The Morgan fingerprint density at radius 3 is 1.45 bits per heavy atom. The summed E-state index contributed by atoms with van der Waals surface area (Å²) in [7, 11) is 0. The minimum atomic E-state index is -0.257. The van der Waals surface area contributed by atoms with Crippen molar-refractivity contribution < 1.29 is 47.4 Å². The Labute approximate surface area is 345 Å². The van der Waals surface area contributed by atoms with Gasteiger partial charge in [0.2, 0.25) is 0 Å². The van der Waals surface area contributed by atoms with E-state index in [4.69, 9.17) is 47.4 Å². The van der Waals surface area contributed by atoms with Crippen LogP contribution in [0.1, 0.15) is 54.4 Å². The first kappa shape index (κ1) is 38.1. The third kappa shape index (κ3) is 6.25. The van der Waals surface area contributed by atoms with Crippen LogP contribution in [0.25, 0.3) is 0 Å². The summed E-state index contributed by atoms with van der Waals surface area (Å²) in [5.41, 5.74) is 0.0573. The summed E-state index contributed by atoms with van der Waals surface area (Å²) in [6.07, 6.45) is 1.20. The molecular weight excluding hydrogens is 801 g/mol. The maximum atomic E-state index is 6.66. The summed E-state index contributed by atoms with van der Waals surface area (Å²) in [5, 5.41) is 0.298. The van der Waals surface area contributed by atoms with E-state index in [1.54, 1.807) is 11.8 Å². The fraction of sp³-hybridized carbons (Fsp3) is 0.700. The van der Waals surface area contributed by atoms with Gasteiger partial charge >= 0.3 is 0 Å². The molecule has 10 aliphatic heterocycles. The molecule has 15 heteroatoms. The molecule has 0 N–H and O–H groups in total. The Morgan fingerprint density at radius 1 is 0.473 bits per heavy atom. The van der Waals surface area contributed by atoms with E-state index >= 15 is 0 Å². The molecule has 4 saturated heterocycles. The van der Waals surface area contributed by atoms with E-state index in [1.165, 1.54) is 4.91 Å². The molecule has 0 radical (unpaired) electrons. The van der Waals surface area contributed by atoms with Gasteiger partial charge < -0.3 is 47.4 Å². The monoisotopic (exact) mass is 850 g/mol. The molecule has 300 valence electrons. The fourth-order valence-corrected chi connectivity index (χ4v) is 16.7. The molecule has 8 atom stereocenters. The van der Waals surface area contributed by atoms with Crippen LogP contribution in [0.4, 0.5) is 0 Å². The van der Waals surface area contributed by atoms with E-state index in [0.717, 1.165) is 71.9 Å². The Morgan fingerprint density at radius 2 is 0.909 bits per heavy atom. The predicted octanol–water partition coefficient (Wildman–Crippen LogP) is 8.05. The molecule has 8 unspecified atom stereocenters. The number of fused-ring (bicyclic) bond motifs is 2. The van der Waals surface area contributed by atoms with Gasteiger partial charge in [0.15, 0.2) is 34.6 Å². The summed E-state index contributed by atoms with van der Waals surface area (Å²) in [5.74, 6) is 5.43. The SMILES string of the molecule is CCC(C)(C)C1S/C(=C2/S/C(=C3/SC(C4S/C(=C5/SC(C(C)(C)CC)C6=C5OCCO6)C5OCCOC54)C4=C3OCCO4)C3OCCOC23)C2=C1OCCO2. The van der Waals surface area contributed by atoms with Gasteiger partial charge in [-0.05, 0) is 23.7 Å². The van der Waals surface area contributed by atoms with E-state index in [2.05, 4.69) is 41.5 Å². The van der Waals surface area contributed by atoms with Crippen LogP contribution in [-0.2, 0) is 47.4 Å². The average Bonchev–Trinajstić information content (AvgIpc) is 4.04. The Balaban J connectivity index is 1.03. The number of hydrogen-bond acceptors (Lipinski definition) is 15. The third-order valence-corrected chi connectivity index (χ3v) is 20.5. The van der Waals surface area contributed by atoms with Crippen molar-refractivity contribution in [1.29, 1.82) is 0 Å². The second-order valence-electron chi connectivity index (χ2n) is 16.4. The molecule has 55 heavy (non-hydrogen) atoms.